The van der Waals surface area contributed by atoms with Crippen LogP contribution in [0.25, 0.3) is 0 Å². The molecule has 2 aliphatic rings. The van der Waals surface area contributed by atoms with E-state index in [-0.39, 0.29) is 12.6 Å². The third-order valence-corrected chi connectivity index (χ3v) is 3.91. The Balaban J connectivity index is 1.98. The second kappa shape index (κ2) is 5.80. The Bertz CT molecular complexity index is 345. The molecule has 0 spiro atoms. The number of carboxylic acids is 1. The molecule has 1 heterocycles. The molecule has 1 saturated carbocycles. The highest BCUT2D eigenvalue weighted by atomic mass is 16.4. The van der Waals surface area contributed by atoms with Gasteiger partial charge in [0.1, 0.15) is 6.54 Å². The Morgan fingerprint density at radius 3 is 2.26 bits per heavy atom. The molecule has 5 nitrogen and oxygen atoms in total. The molecule has 0 aromatic heterocycles. The van der Waals surface area contributed by atoms with Gasteiger partial charge in [0, 0.05) is 19.6 Å². The molecule has 1 saturated heterocycles. The number of carbonyl (C=O) groups excluding carboxylic acids is 1. The predicted molar refractivity (Wildman–Crippen MR) is 71.8 cm³/mol. The van der Waals surface area contributed by atoms with Gasteiger partial charge in [-0.3, -0.25) is 4.79 Å². The lowest BCUT2D eigenvalue weighted by Gasteiger charge is -2.37. The topological polar surface area (TPSA) is 60.9 Å². The van der Waals surface area contributed by atoms with Crippen molar-refractivity contribution >= 4 is 12.0 Å². The number of hydrogen-bond donors (Lipinski definition) is 1. The monoisotopic (exact) mass is 268 g/mol. The van der Waals surface area contributed by atoms with Gasteiger partial charge in [0.15, 0.2) is 0 Å². The lowest BCUT2D eigenvalue weighted by Crippen LogP contribution is -2.51. The summed E-state index contributed by atoms with van der Waals surface area (Å²) in [5.74, 6) is 0.593. The average molecular weight is 268 g/mol. The largest absolute Gasteiger partial charge is 0.480 e. The third-order valence-electron chi connectivity index (χ3n) is 3.91. The zero-order valence-corrected chi connectivity index (χ0v) is 11.8. The zero-order chi connectivity index (χ0) is 14.0. The van der Waals surface area contributed by atoms with Gasteiger partial charge in [0.05, 0.1) is 0 Å². The second-order valence-corrected chi connectivity index (χ2v) is 6.35. The van der Waals surface area contributed by atoms with E-state index in [0.29, 0.717) is 24.3 Å². The fraction of sp³-hybridized carbons (Fsp3) is 0.857. The first-order chi connectivity index (χ1) is 8.95. The number of hydrogen-bond acceptors (Lipinski definition) is 2. The van der Waals surface area contributed by atoms with Gasteiger partial charge in [-0.15, -0.1) is 0 Å². The summed E-state index contributed by atoms with van der Waals surface area (Å²) in [7, 11) is 0. The first kappa shape index (κ1) is 14.2. The maximum Gasteiger partial charge on any atom is 0.323 e. The van der Waals surface area contributed by atoms with Crippen molar-refractivity contribution in [2.75, 3.05) is 26.2 Å². The number of nitrogens with zero attached hydrogens (tertiary/aromatic N) is 2. The van der Waals surface area contributed by atoms with E-state index in [4.69, 9.17) is 5.11 Å². The molecule has 2 amide bonds. The summed E-state index contributed by atoms with van der Waals surface area (Å²) in [4.78, 5) is 26.7. The van der Waals surface area contributed by atoms with Crippen LogP contribution in [-0.4, -0.2) is 53.1 Å². The van der Waals surface area contributed by atoms with Gasteiger partial charge < -0.3 is 14.9 Å². The van der Waals surface area contributed by atoms with Gasteiger partial charge in [-0.25, -0.2) is 4.79 Å². The SMILES string of the molecule is CC1CC(C)CN(C(=O)N(CC(=O)O)CC2CC2)C1. The first-order valence-corrected chi connectivity index (χ1v) is 7.21. The normalized spacial score (nSPS) is 27.2. The smallest absolute Gasteiger partial charge is 0.323 e. The molecule has 5 heteroatoms. The standard InChI is InChI=1S/C14H24N2O3/c1-10-5-11(2)7-15(6-10)14(19)16(9-13(17)18)8-12-3-4-12/h10-12H,3-9H2,1-2H3,(H,17,18). The van der Waals surface area contributed by atoms with Crippen molar-refractivity contribution in [1.82, 2.24) is 9.80 Å². The van der Waals surface area contributed by atoms with Crippen LogP contribution in [0.1, 0.15) is 33.1 Å². The Morgan fingerprint density at radius 2 is 1.79 bits per heavy atom. The number of aliphatic carboxylic acids is 1. The minimum Gasteiger partial charge on any atom is -0.480 e. The molecule has 19 heavy (non-hydrogen) atoms. The van der Waals surface area contributed by atoms with E-state index in [1.807, 2.05) is 4.90 Å². The Hall–Kier alpha value is -1.26. The van der Waals surface area contributed by atoms with Gasteiger partial charge >= 0.3 is 12.0 Å². The van der Waals surface area contributed by atoms with Gasteiger partial charge in [0.25, 0.3) is 0 Å². The molecular formula is C14H24N2O3. The van der Waals surface area contributed by atoms with Crippen LogP contribution in [0.5, 0.6) is 0 Å². The van der Waals surface area contributed by atoms with Crippen molar-refractivity contribution in [2.45, 2.75) is 33.1 Å². The first-order valence-electron chi connectivity index (χ1n) is 7.21. The highest BCUT2D eigenvalue weighted by molar-refractivity contribution is 5.80. The van der Waals surface area contributed by atoms with Crippen LogP contribution < -0.4 is 0 Å². The van der Waals surface area contributed by atoms with Gasteiger partial charge in [-0.1, -0.05) is 13.8 Å². The molecule has 0 bridgehead atoms. The number of likely N-dealkylation sites (tertiary alicyclic amines) is 1. The lowest BCUT2D eigenvalue weighted by molar-refractivity contribution is -0.137. The molecule has 2 atom stereocenters. The molecule has 0 aromatic rings. The van der Waals surface area contributed by atoms with E-state index in [2.05, 4.69) is 13.8 Å². The number of carboxylic acid groups (broad SMARTS) is 1. The van der Waals surface area contributed by atoms with E-state index < -0.39 is 5.97 Å². The summed E-state index contributed by atoms with van der Waals surface area (Å²) < 4.78 is 0. The molecule has 108 valence electrons. The van der Waals surface area contributed by atoms with E-state index in [1.54, 1.807) is 0 Å². The van der Waals surface area contributed by atoms with Crippen molar-refractivity contribution in [3.63, 3.8) is 0 Å². The third kappa shape index (κ3) is 4.11. The fourth-order valence-electron chi connectivity index (χ4n) is 3.00. The van der Waals surface area contributed by atoms with Crippen LogP contribution in [0.2, 0.25) is 0 Å². The molecule has 1 aliphatic carbocycles. The van der Waals surface area contributed by atoms with E-state index in [1.165, 1.54) is 4.90 Å². The minimum atomic E-state index is -0.924. The predicted octanol–water partition coefficient (Wildman–Crippen LogP) is 1.88. The van der Waals surface area contributed by atoms with E-state index in [9.17, 15) is 9.59 Å². The molecule has 1 aliphatic heterocycles. The van der Waals surface area contributed by atoms with Gasteiger partial charge in [0.2, 0.25) is 0 Å². The van der Waals surface area contributed by atoms with Crippen LogP contribution in [-0.2, 0) is 4.79 Å². The maximum atomic E-state index is 12.5. The highest BCUT2D eigenvalue weighted by Crippen LogP contribution is 2.30. The van der Waals surface area contributed by atoms with Crippen LogP contribution >= 0.6 is 0 Å². The van der Waals surface area contributed by atoms with Crippen molar-refractivity contribution in [3.05, 3.63) is 0 Å². The van der Waals surface area contributed by atoms with Crippen molar-refractivity contribution < 1.29 is 14.7 Å². The molecule has 2 unspecified atom stereocenters. The molecule has 1 N–H and O–H groups in total. The Morgan fingerprint density at radius 1 is 1.21 bits per heavy atom. The molecule has 2 fully saturated rings. The molecule has 0 aromatic carbocycles. The summed E-state index contributed by atoms with van der Waals surface area (Å²) in [5.41, 5.74) is 0. The summed E-state index contributed by atoms with van der Waals surface area (Å²) in [5, 5.41) is 8.96. The molecule has 0 radical (unpaired) electrons. The zero-order valence-electron chi connectivity index (χ0n) is 11.8. The molecule has 2 rings (SSSR count). The quantitative estimate of drug-likeness (QED) is 0.847. The van der Waals surface area contributed by atoms with Crippen molar-refractivity contribution in [1.29, 1.82) is 0 Å². The van der Waals surface area contributed by atoms with Crippen LogP contribution in [0.15, 0.2) is 0 Å². The summed E-state index contributed by atoms with van der Waals surface area (Å²) >= 11 is 0. The number of carbonyl (C=O) groups is 2. The number of piperidine rings is 1. The van der Waals surface area contributed by atoms with E-state index in [0.717, 1.165) is 32.4 Å². The van der Waals surface area contributed by atoms with Crippen LogP contribution in [0, 0.1) is 17.8 Å². The summed E-state index contributed by atoms with van der Waals surface area (Å²) in [6.45, 7) is 6.24. The Labute approximate surface area is 114 Å². The van der Waals surface area contributed by atoms with Gasteiger partial charge in [-0.05, 0) is 37.0 Å². The molecular weight excluding hydrogens is 244 g/mol. The average Bonchev–Trinajstić information content (AvgIpc) is 3.09. The fourth-order valence-corrected chi connectivity index (χ4v) is 3.00. The highest BCUT2D eigenvalue weighted by Gasteiger charge is 2.32. The van der Waals surface area contributed by atoms with Gasteiger partial charge in [-0.2, -0.15) is 0 Å². The number of amides is 2. The number of urea groups is 1. The van der Waals surface area contributed by atoms with Crippen LogP contribution in [0.4, 0.5) is 4.79 Å². The Kier molecular flexibility index (Phi) is 4.32. The van der Waals surface area contributed by atoms with Crippen molar-refractivity contribution in [3.8, 4) is 0 Å². The maximum absolute atomic E-state index is 12.5. The summed E-state index contributed by atoms with van der Waals surface area (Å²) in [6, 6.07) is -0.0901. The summed E-state index contributed by atoms with van der Waals surface area (Å²) in [6.07, 6.45) is 3.39. The number of rotatable bonds is 4. The van der Waals surface area contributed by atoms with E-state index >= 15 is 0 Å². The van der Waals surface area contributed by atoms with Crippen molar-refractivity contribution in [2.24, 2.45) is 17.8 Å². The second-order valence-electron chi connectivity index (χ2n) is 6.35. The minimum absolute atomic E-state index is 0.0901. The lowest BCUT2D eigenvalue weighted by atomic mass is 9.92. The van der Waals surface area contributed by atoms with Crippen LogP contribution in [0.3, 0.4) is 0 Å².